The Bertz CT molecular complexity index is 439. The number of hydrogen-bond donors (Lipinski definition) is 2. The van der Waals surface area contributed by atoms with Crippen molar-refractivity contribution >= 4 is 29.0 Å². The van der Waals surface area contributed by atoms with E-state index in [2.05, 4.69) is 5.32 Å². The molecule has 0 spiro atoms. The number of benzene rings is 1. The van der Waals surface area contributed by atoms with Crippen LogP contribution in [-0.4, -0.2) is 16.4 Å². The van der Waals surface area contributed by atoms with Gasteiger partial charge in [-0.1, -0.05) is 6.07 Å². The summed E-state index contributed by atoms with van der Waals surface area (Å²) >= 11 is 1.74. The van der Waals surface area contributed by atoms with Gasteiger partial charge in [0, 0.05) is 11.4 Å². The Balaban J connectivity index is 2.15. The molecule has 1 aliphatic heterocycles. The van der Waals surface area contributed by atoms with Crippen molar-refractivity contribution in [3.63, 3.8) is 0 Å². The highest BCUT2D eigenvalue weighted by atomic mass is 32.2. The Labute approximate surface area is 106 Å². The molecule has 1 unspecified atom stereocenters. The second-order valence-corrected chi connectivity index (χ2v) is 6.31. The van der Waals surface area contributed by atoms with Gasteiger partial charge >= 0.3 is 0 Å². The minimum Gasteiger partial charge on any atom is -0.399 e. The van der Waals surface area contributed by atoms with E-state index in [1.807, 2.05) is 32.0 Å². The van der Waals surface area contributed by atoms with Gasteiger partial charge in [0.2, 0.25) is 5.91 Å². The zero-order valence-corrected chi connectivity index (χ0v) is 11.1. The van der Waals surface area contributed by atoms with E-state index in [0.717, 1.165) is 29.8 Å². The fourth-order valence-electron chi connectivity index (χ4n) is 1.99. The first-order valence-electron chi connectivity index (χ1n) is 5.83. The number of anilines is 2. The Morgan fingerprint density at radius 3 is 2.94 bits per heavy atom. The average Bonchev–Trinajstić information content (AvgIpc) is 2.72. The van der Waals surface area contributed by atoms with Crippen LogP contribution in [0.2, 0.25) is 0 Å². The molecule has 1 aromatic carbocycles. The summed E-state index contributed by atoms with van der Waals surface area (Å²) in [6, 6.07) is 5.59. The van der Waals surface area contributed by atoms with Gasteiger partial charge in [0.05, 0.1) is 4.75 Å². The van der Waals surface area contributed by atoms with Gasteiger partial charge in [0.15, 0.2) is 0 Å². The van der Waals surface area contributed by atoms with Crippen LogP contribution in [-0.2, 0) is 4.79 Å². The number of nitrogen functional groups attached to an aromatic ring is 1. The van der Waals surface area contributed by atoms with Gasteiger partial charge in [-0.15, -0.1) is 11.8 Å². The minimum absolute atomic E-state index is 0.0914. The molecule has 1 aromatic rings. The van der Waals surface area contributed by atoms with Crippen molar-refractivity contribution in [1.82, 2.24) is 0 Å². The minimum atomic E-state index is -0.281. The summed E-state index contributed by atoms with van der Waals surface area (Å²) in [5.41, 5.74) is 8.27. The van der Waals surface area contributed by atoms with E-state index in [9.17, 15) is 4.79 Å². The van der Waals surface area contributed by atoms with Crippen LogP contribution in [0.3, 0.4) is 0 Å². The standard InChI is InChI=1S/C13H18N2OS/c1-9-4-5-10(14)8-11(9)15-12(16)13(2)6-3-7-17-13/h4-5,8H,3,6-7,14H2,1-2H3,(H,15,16). The zero-order chi connectivity index (χ0) is 12.5. The summed E-state index contributed by atoms with van der Waals surface area (Å²) < 4.78 is -0.281. The van der Waals surface area contributed by atoms with E-state index in [4.69, 9.17) is 5.73 Å². The highest BCUT2D eigenvalue weighted by Gasteiger charge is 2.37. The first kappa shape index (κ1) is 12.3. The maximum Gasteiger partial charge on any atom is 0.240 e. The molecule has 0 aliphatic carbocycles. The molecule has 1 aliphatic rings. The van der Waals surface area contributed by atoms with Crippen molar-refractivity contribution in [2.75, 3.05) is 16.8 Å². The van der Waals surface area contributed by atoms with E-state index in [1.54, 1.807) is 11.8 Å². The monoisotopic (exact) mass is 250 g/mol. The molecule has 1 fully saturated rings. The molecule has 1 amide bonds. The Hall–Kier alpha value is -1.16. The molecule has 1 heterocycles. The summed E-state index contributed by atoms with van der Waals surface area (Å²) in [6.07, 6.45) is 2.06. The van der Waals surface area contributed by atoms with Crippen LogP contribution in [0.5, 0.6) is 0 Å². The number of rotatable bonds is 2. The fraction of sp³-hybridized carbons (Fsp3) is 0.462. The maximum atomic E-state index is 12.2. The third-order valence-electron chi connectivity index (χ3n) is 3.21. The molecule has 3 N–H and O–H groups in total. The SMILES string of the molecule is Cc1ccc(N)cc1NC(=O)C1(C)CCCS1. The second-order valence-electron chi connectivity index (χ2n) is 4.71. The van der Waals surface area contributed by atoms with Crippen LogP contribution >= 0.6 is 11.8 Å². The summed E-state index contributed by atoms with van der Waals surface area (Å²) in [7, 11) is 0. The van der Waals surface area contributed by atoms with Gasteiger partial charge in [0.25, 0.3) is 0 Å². The third kappa shape index (κ3) is 2.57. The molecule has 0 bridgehead atoms. The lowest BCUT2D eigenvalue weighted by molar-refractivity contribution is -0.118. The Morgan fingerprint density at radius 2 is 2.29 bits per heavy atom. The van der Waals surface area contributed by atoms with Gasteiger partial charge < -0.3 is 11.1 Å². The van der Waals surface area contributed by atoms with E-state index < -0.39 is 0 Å². The average molecular weight is 250 g/mol. The molecule has 0 aromatic heterocycles. The van der Waals surface area contributed by atoms with Crippen LogP contribution in [0.15, 0.2) is 18.2 Å². The normalized spacial score (nSPS) is 23.6. The highest BCUT2D eigenvalue weighted by Crippen LogP contribution is 2.38. The van der Waals surface area contributed by atoms with E-state index in [0.29, 0.717) is 5.69 Å². The lowest BCUT2D eigenvalue weighted by Gasteiger charge is -2.22. The smallest absolute Gasteiger partial charge is 0.240 e. The number of nitrogens with one attached hydrogen (secondary N) is 1. The Kier molecular flexibility index (Phi) is 3.33. The van der Waals surface area contributed by atoms with Crippen molar-refractivity contribution in [3.05, 3.63) is 23.8 Å². The van der Waals surface area contributed by atoms with Crippen LogP contribution < -0.4 is 11.1 Å². The van der Waals surface area contributed by atoms with Gasteiger partial charge in [-0.3, -0.25) is 4.79 Å². The molecular weight excluding hydrogens is 232 g/mol. The summed E-state index contributed by atoms with van der Waals surface area (Å²) in [5, 5.41) is 2.99. The largest absolute Gasteiger partial charge is 0.399 e. The number of hydrogen-bond acceptors (Lipinski definition) is 3. The van der Waals surface area contributed by atoms with Crippen molar-refractivity contribution in [1.29, 1.82) is 0 Å². The zero-order valence-electron chi connectivity index (χ0n) is 10.2. The Morgan fingerprint density at radius 1 is 1.53 bits per heavy atom. The molecule has 0 radical (unpaired) electrons. The first-order valence-corrected chi connectivity index (χ1v) is 6.81. The number of thioether (sulfide) groups is 1. The van der Waals surface area contributed by atoms with Crippen LogP contribution in [0.4, 0.5) is 11.4 Å². The van der Waals surface area contributed by atoms with Crippen molar-refractivity contribution in [2.45, 2.75) is 31.4 Å². The van der Waals surface area contributed by atoms with E-state index in [1.165, 1.54) is 0 Å². The number of aryl methyl sites for hydroxylation is 1. The van der Waals surface area contributed by atoms with E-state index in [-0.39, 0.29) is 10.7 Å². The van der Waals surface area contributed by atoms with Gasteiger partial charge in [-0.25, -0.2) is 0 Å². The van der Waals surface area contributed by atoms with Crippen LogP contribution in [0, 0.1) is 6.92 Å². The summed E-state index contributed by atoms with van der Waals surface area (Å²) in [5.74, 6) is 1.16. The van der Waals surface area contributed by atoms with Crippen LogP contribution in [0.25, 0.3) is 0 Å². The summed E-state index contributed by atoms with van der Waals surface area (Å²) in [4.78, 5) is 12.2. The molecule has 4 heteroatoms. The van der Waals surface area contributed by atoms with Crippen molar-refractivity contribution in [3.8, 4) is 0 Å². The predicted octanol–water partition coefficient (Wildman–Crippen LogP) is 2.80. The first-order chi connectivity index (χ1) is 8.01. The number of carbonyl (C=O) groups is 1. The number of carbonyl (C=O) groups excluding carboxylic acids is 1. The molecule has 0 saturated carbocycles. The molecule has 1 atom stereocenters. The fourth-order valence-corrected chi connectivity index (χ4v) is 3.20. The molecular formula is C13H18N2OS. The molecule has 17 heavy (non-hydrogen) atoms. The maximum absolute atomic E-state index is 12.2. The topological polar surface area (TPSA) is 55.1 Å². The number of amides is 1. The van der Waals surface area contributed by atoms with Gasteiger partial charge in [-0.2, -0.15) is 0 Å². The van der Waals surface area contributed by atoms with E-state index >= 15 is 0 Å². The summed E-state index contributed by atoms with van der Waals surface area (Å²) in [6.45, 7) is 3.99. The molecule has 1 saturated heterocycles. The molecule has 2 rings (SSSR count). The van der Waals surface area contributed by atoms with Crippen molar-refractivity contribution in [2.24, 2.45) is 0 Å². The van der Waals surface area contributed by atoms with Gasteiger partial charge in [0.1, 0.15) is 0 Å². The molecule has 3 nitrogen and oxygen atoms in total. The van der Waals surface area contributed by atoms with Crippen molar-refractivity contribution < 1.29 is 4.79 Å². The quantitative estimate of drug-likeness (QED) is 0.794. The number of nitrogens with two attached hydrogens (primary N) is 1. The van der Waals surface area contributed by atoms with Gasteiger partial charge in [-0.05, 0) is 50.1 Å². The predicted molar refractivity (Wildman–Crippen MR) is 74.3 cm³/mol. The molecule has 92 valence electrons. The lowest BCUT2D eigenvalue weighted by atomic mass is 10.0. The highest BCUT2D eigenvalue weighted by molar-refractivity contribution is 8.01. The second kappa shape index (κ2) is 4.61. The lowest BCUT2D eigenvalue weighted by Crippen LogP contribution is -2.34. The third-order valence-corrected chi connectivity index (χ3v) is 4.73. The van der Waals surface area contributed by atoms with Crippen LogP contribution in [0.1, 0.15) is 25.3 Å².